The number of amides is 2. The summed E-state index contributed by atoms with van der Waals surface area (Å²) in [6.45, 7) is 0.625. The van der Waals surface area contributed by atoms with Crippen molar-refractivity contribution in [2.24, 2.45) is 5.92 Å². The van der Waals surface area contributed by atoms with Crippen molar-refractivity contribution in [1.82, 2.24) is 5.32 Å². The Morgan fingerprint density at radius 1 is 1.20 bits per heavy atom. The number of aliphatic hydroxyl groups is 1. The molecule has 4 nitrogen and oxygen atoms in total. The molecule has 110 valence electrons. The Morgan fingerprint density at radius 2 is 1.90 bits per heavy atom. The van der Waals surface area contributed by atoms with Gasteiger partial charge in [-0.1, -0.05) is 23.2 Å². The summed E-state index contributed by atoms with van der Waals surface area (Å²) in [5, 5.41) is 15.8. The van der Waals surface area contributed by atoms with E-state index in [9.17, 15) is 9.90 Å². The van der Waals surface area contributed by atoms with Crippen molar-refractivity contribution in [3.63, 3.8) is 0 Å². The van der Waals surface area contributed by atoms with Crippen LogP contribution in [0.5, 0.6) is 0 Å². The maximum atomic E-state index is 11.8. The molecule has 1 fully saturated rings. The summed E-state index contributed by atoms with van der Waals surface area (Å²) in [5.41, 5.74) is 0.607. The third kappa shape index (κ3) is 4.54. The first-order chi connectivity index (χ1) is 9.54. The van der Waals surface area contributed by atoms with Gasteiger partial charge < -0.3 is 15.7 Å². The molecule has 20 heavy (non-hydrogen) atoms. The summed E-state index contributed by atoms with van der Waals surface area (Å²) < 4.78 is 0. The van der Waals surface area contributed by atoms with Crippen molar-refractivity contribution in [2.45, 2.75) is 31.8 Å². The van der Waals surface area contributed by atoms with Gasteiger partial charge in [0.15, 0.2) is 0 Å². The number of urea groups is 1. The molecule has 1 aliphatic rings. The molecule has 0 saturated heterocycles. The van der Waals surface area contributed by atoms with Gasteiger partial charge in [-0.3, -0.25) is 0 Å². The predicted molar refractivity (Wildman–Crippen MR) is 81.4 cm³/mol. The van der Waals surface area contributed by atoms with Crippen LogP contribution in [-0.4, -0.2) is 23.8 Å². The standard InChI is InChI=1S/C14H18Cl2N2O2/c15-12-6-3-10(7-13(12)16)18-14(20)17-8-9-1-4-11(19)5-2-9/h3,6-7,9,11,19H,1-2,4-5,8H2,(H2,17,18,20). The van der Waals surface area contributed by atoms with Crippen molar-refractivity contribution in [2.75, 3.05) is 11.9 Å². The van der Waals surface area contributed by atoms with Crippen LogP contribution in [0, 0.1) is 5.92 Å². The lowest BCUT2D eigenvalue weighted by Gasteiger charge is -2.25. The first-order valence-corrected chi connectivity index (χ1v) is 7.48. The largest absolute Gasteiger partial charge is 0.393 e. The Balaban J connectivity index is 1.76. The van der Waals surface area contributed by atoms with Gasteiger partial charge in [-0.25, -0.2) is 4.79 Å². The summed E-state index contributed by atoms with van der Waals surface area (Å²) in [5.74, 6) is 0.443. The Bertz CT molecular complexity index is 474. The highest BCUT2D eigenvalue weighted by Crippen LogP contribution is 2.25. The number of halogens is 2. The average molecular weight is 317 g/mol. The van der Waals surface area contributed by atoms with E-state index in [4.69, 9.17) is 23.2 Å². The summed E-state index contributed by atoms with van der Waals surface area (Å²) in [6, 6.07) is 4.70. The molecule has 1 aromatic rings. The molecule has 0 unspecified atom stereocenters. The van der Waals surface area contributed by atoms with E-state index in [2.05, 4.69) is 10.6 Å². The molecule has 2 amide bonds. The summed E-state index contributed by atoms with van der Waals surface area (Å²) >= 11 is 11.7. The van der Waals surface area contributed by atoms with Crippen LogP contribution in [0.2, 0.25) is 10.0 Å². The number of carbonyl (C=O) groups excluding carboxylic acids is 1. The quantitative estimate of drug-likeness (QED) is 0.796. The number of hydrogen-bond donors (Lipinski definition) is 3. The van der Waals surface area contributed by atoms with Crippen LogP contribution in [0.25, 0.3) is 0 Å². The van der Waals surface area contributed by atoms with Crippen molar-refractivity contribution < 1.29 is 9.90 Å². The minimum absolute atomic E-state index is 0.170. The fourth-order valence-corrected chi connectivity index (χ4v) is 2.63. The fraction of sp³-hybridized carbons (Fsp3) is 0.500. The van der Waals surface area contributed by atoms with Crippen LogP contribution >= 0.6 is 23.2 Å². The Morgan fingerprint density at radius 3 is 2.55 bits per heavy atom. The topological polar surface area (TPSA) is 61.4 Å². The third-order valence-corrected chi connectivity index (χ3v) is 4.28. The minimum atomic E-state index is -0.255. The molecule has 1 saturated carbocycles. The van der Waals surface area contributed by atoms with Gasteiger partial charge in [0.2, 0.25) is 0 Å². The summed E-state index contributed by atoms with van der Waals surface area (Å²) in [6.07, 6.45) is 3.38. The Hall–Kier alpha value is -0.970. The smallest absolute Gasteiger partial charge is 0.319 e. The van der Waals surface area contributed by atoms with Crippen LogP contribution in [0.15, 0.2) is 18.2 Å². The molecule has 0 bridgehead atoms. The molecular weight excluding hydrogens is 299 g/mol. The number of hydrogen-bond acceptors (Lipinski definition) is 2. The lowest BCUT2D eigenvalue weighted by molar-refractivity contribution is 0.109. The zero-order valence-corrected chi connectivity index (χ0v) is 12.5. The highest BCUT2D eigenvalue weighted by molar-refractivity contribution is 6.42. The fourth-order valence-electron chi connectivity index (χ4n) is 2.34. The zero-order valence-electron chi connectivity index (χ0n) is 11.0. The number of aliphatic hydroxyl groups excluding tert-OH is 1. The second kappa shape index (κ2) is 7.16. The molecule has 0 atom stereocenters. The molecule has 1 aliphatic carbocycles. The van der Waals surface area contributed by atoms with Crippen molar-refractivity contribution in [3.8, 4) is 0 Å². The maximum Gasteiger partial charge on any atom is 0.319 e. The Kier molecular flexibility index (Phi) is 5.52. The number of carbonyl (C=O) groups is 1. The molecule has 0 spiro atoms. The number of nitrogens with one attached hydrogen (secondary N) is 2. The van der Waals surface area contributed by atoms with Gasteiger partial charge in [-0.05, 0) is 49.8 Å². The molecule has 6 heteroatoms. The van der Waals surface area contributed by atoms with Gasteiger partial charge in [0.1, 0.15) is 0 Å². The Labute approximate surface area is 128 Å². The lowest BCUT2D eigenvalue weighted by Crippen LogP contribution is -2.34. The molecule has 0 aliphatic heterocycles. The lowest BCUT2D eigenvalue weighted by atomic mass is 9.87. The van der Waals surface area contributed by atoms with E-state index in [1.54, 1.807) is 18.2 Å². The van der Waals surface area contributed by atoms with E-state index in [1.165, 1.54) is 0 Å². The van der Waals surface area contributed by atoms with Crippen LogP contribution in [0.1, 0.15) is 25.7 Å². The summed E-state index contributed by atoms with van der Waals surface area (Å²) in [7, 11) is 0. The second-order valence-electron chi connectivity index (χ2n) is 5.14. The molecular formula is C14H18Cl2N2O2. The van der Waals surface area contributed by atoms with Gasteiger partial charge in [0, 0.05) is 12.2 Å². The summed E-state index contributed by atoms with van der Waals surface area (Å²) in [4.78, 5) is 11.8. The average Bonchev–Trinajstić information content (AvgIpc) is 2.42. The van der Waals surface area contributed by atoms with E-state index in [0.717, 1.165) is 25.7 Å². The van der Waals surface area contributed by atoms with Gasteiger partial charge >= 0.3 is 6.03 Å². The minimum Gasteiger partial charge on any atom is -0.393 e. The third-order valence-electron chi connectivity index (χ3n) is 3.55. The van der Waals surface area contributed by atoms with Gasteiger partial charge in [-0.15, -0.1) is 0 Å². The number of benzene rings is 1. The van der Waals surface area contributed by atoms with E-state index in [0.29, 0.717) is 28.2 Å². The molecule has 0 radical (unpaired) electrons. The number of anilines is 1. The first-order valence-electron chi connectivity index (χ1n) is 6.72. The second-order valence-corrected chi connectivity index (χ2v) is 5.95. The molecule has 0 aromatic heterocycles. The molecule has 3 N–H and O–H groups in total. The van der Waals surface area contributed by atoms with Crippen LogP contribution in [0.4, 0.5) is 10.5 Å². The van der Waals surface area contributed by atoms with Crippen molar-refractivity contribution in [3.05, 3.63) is 28.2 Å². The monoisotopic (exact) mass is 316 g/mol. The maximum absolute atomic E-state index is 11.8. The highest BCUT2D eigenvalue weighted by Gasteiger charge is 2.19. The van der Waals surface area contributed by atoms with Crippen LogP contribution < -0.4 is 10.6 Å². The number of rotatable bonds is 3. The normalized spacial score (nSPS) is 22.4. The first kappa shape index (κ1) is 15.4. The van der Waals surface area contributed by atoms with Crippen LogP contribution in [0.3, 0.4) is 0 Å². The van der Waals surface area contributed by atoms with Gasteiger partial charge in [0.25, 0.3) is 0 Å². The molecule has 2 rings (SSSR count). The van der Waals surface area contributed by atoms with E-state index >= 15 is 0 Å². The highest BCUT2D eigenvalue weighted by atomic mass is 35.5. The van der Waals surface area contributed by atoms with Crippen molar-refractivity contribution >= 4 is 34.9 Å². The molecule has 1 aromatic carbocycles. The van der Waals surface area contributed by atoms with Gasteiger partial charge in [0.05, 0.1) is 16.1 Å². The zero-order chi connectivity index (χ0) is 14.5. The molecule has 0 heterocycles. The van der Waals surface area contributed by atoms with E-state index < -0.39 is 0 Å². The van der Waals surface area contributed by atoms with E-state index in [-0.39, 0.29) is 12.1 Å². The van der Waals surface area contributed by atoms with E-state index in [1.807, 2.05) is 0 Å². The van der Waals surface area contributed by atoms with Crippen LogP contribution in [-0.2, 0) is 0 Å². The van der Waals surface area contributed by atoms with Gasteiger partial charge in [-0.2, -0.15) is 0 Å². The SMILES string of the molecule is O=C(NCC1CCC(O)CC1)Nc1ccc(Cl)c(Cl)c1. The van der Waals surface area contributed by atoms with Crippen molar-refractivity contribution in [1.29, 1.82) is 0 Å². The predicted octanol–water partition coefficient (Wildman–Crippen LogP) is 3.67.